The Morgan fingerprint density at radius 3 is 2.14 bits per heavy atom. The van der Waals surface area contributed by atoms with E-state index in [9.17, 15) is 0 Å². The first kappa shape index (κ1) is 6.65. The van der Waals surface area contributed by atoms with Crippen molar-refractivity contribution in [2.75, 3.05) is 14.1 Å². The van der Waals surface area contributed by atoms with Crippen molar-refractivity contribution in [2.24, 2.45) is 0 Å². The van der Waals surface area contributed by atoms with Gasteiger partial charge in [-0.15, -0.1) is 0 Å². The van der Waals surface area contributed by atoms with Crippen molar-refractivity contribution in [1.82, 2.24) is 4.90 Å². The molecule has 0 bridgehead atoms. The van der Waals surface area contributed by atoms with Crippen LogP contribution in [-0.2, 0) is 4.89 Å². The van der Waals surface area contributed by atoms with E-state index in [4.69, 9.17) is 5.26 Å². The van der Waals surface area contributed by atoms with Gasteiger partial charge in [-0.2, -0.15) is 0 Å². The monoisotopic (exact) mass is 121 g/mol. The van der Waals surface area contributed by atoms with Crippen molar-refractivity contribution in [2.45, 2.75) is 0 Å². The molecule has 0 aliphatic heterocycles. The van der Waals surface area contributed by atoms with E-state index in [-0.39, 0.29) is 5.17 Å². The van der Waals surface area contributed by atoms with E-state index in [0.29, 0.717) is 0 Å². The highest BCUT2D eigenvalue weighted by Crippen LogP contribution is 1.79. The Morgan fingerprint density at radius 1 is 1.71 bits per heavy atom. The maximum absolute atomic E-state index is 7.82. The topological polar surface area (TPSA) is 32.7 Å². The van der Waals surface area contributed by atoms with Crippen LogP contribution in [0.15, 0.2) is 0 Å². The minimum absolute atomic E-state index is 0.0694. The minimum Gasteiger partial charge on any atom is -0.337 e. The Kier molecular flexibility index (Phi) is 2.62. The number of thiocarbonyl (C=S) groups is 1. The van der Waals surface area contributed by atoms with Crippen LogP contribution in [0.5, 0.6) is 0 Å². The molecular weight excluding hydrogens is 114 g/mol. The summed E-state index contributed by atoms with van der Waals surface area (Å²) in [5.41, 5.74) is 0. The fourth-order valence-electron chi connectivity index (χ4n) is 0.0816. The molecule has 0 aromatic rings. The highest BCUT2D eigenvalue weighted by molar-refractivity contribution is 7.79. The lowest BCUT2D eigenvalue weighted by Gasteiger charge is -2.07. The summed E-state index contributed by atoms with van der Waals surface area (Å²) in [6.07, 6.45) is 0. The van der Waals surface area contributed by atoms with Crippen molar-refractivity contribution in [3.63, 3.8) is 0 Å². The molecule has 0 atom stereocenters. The van der Waals surface area contributed by atoms with Gasteiger partial charge in [-0.05, 0) is 12.2 Å². The van der Waals surface area contributed by atoms with E-state index in [0.717, 1.165) is 0 Å². The molecule has 1 N–H and O–H groups in total. The molecule has 0 aliphatic carbocycles. The Balaban J connectivity index is 3.35. The molecular formula is C3H7NO2S. The standard InChI is InChI=1S/C3H7NO2S/c1-4(2)3(7)6-5/h5H,1-2H3. The second-order valence-electron chi connectivity index (χ2n) is 1.25. The molecule has 0 amide bonds. The average molecular weight is 121 g/mol. The predicted molar refractivity (Wildman–Crippen MR) is 30.0 cm³/mol. The third-order valence-electron chi connectivity index (χ3n) is 0.443. The van der Waals surface area contributed by atoms with E-state index in [1.165, 1.54) is 4.90 Å². The van der Waals surface area contributed by atoms with Gasteiger partial charge in [0, 0.05) is 14.1 Å². The molecule has 0 unspecified atom stereocenters. The quantitative estimate of drug-likeness (QED) is 0.284. The fraction of sp³-hybridized carbons (Fsp3) is 0.667. The lowest BCUT2D eigenvalue weighted by Crippen LogP contribution is -2.20. The number of hydrogen-bond donors (Lipinski definition) is 1. The molecule has 42 valence electrons. The Morgan fingerprint density at radius 2 is 2.14 bits per heavy atom. The summed E-state index contributed by atoms with van der Waals surface area (Å²) in [7, 11) is 3.36. The largest absolute Gasteiger partial charge is 0.337 e. The second kappa shape index (κ2) is 2.76. The lowest BCUT2D eigenvalue weighted by atomic mass is 10.9. The van der Waals surface area contributed by atoms with Gasteiger partial charge >= 0.3 is 0 Å². The summed E-state index contributed by atoms with van der Waals surface area (Å²) in [6.45, 7) is 0. The highest BCUT2D eigenvalue weighted by atomic mass is 32.1. The van der Waals surface area contributed by atoms with E-state index < -0.39 is 0 Å². The normalized spacial score (nSPS) is 7.86. The molecule has 0 heterocycles. The first-order valence-corrected chi connectivity index (χ1v) is 2.12. The van der Waals surface area contributed by atoms with E-state index in [2.05, 4.69) is 17.1 Å². The van der Waals surface area contributed by atoms with Crippen LogP contribution >= 0.6 is 12.2 Å². The van der Waals surface area contributed by atoms with Gasteiger partial charge in [0.1, 0.15) is 0 Å². The molecule has 0 radical (unpaired) electrons. The number of hydrogen-bond acceptors (Lipinski definition) is 3. The SMILES string of the molecule is CN(C)C(=S)OO. The van der Waals surface area contributed by atoms with Crippen molar-refractivity contribution >= 4 is 17.4 Å². The van der Waals surface area contributed by atoms with Gasteiger partial charge in [-0.25, -0.2) is 5.26 Å². The summed E-state index contributed by atoms with van der Waals surface area (Å²) < 4.78 is 0. The van der Waals surface area contributed by atoms with Crippen LogP contribution in [0.4, 0.5) is 0 Å². The third kappa shape index (κ3) is 2.36. The fourth-order valence-corrected chi connectivity index (χ4v) is 0.0816. The van der Waals surface area contributed by atoms with E-state index in [1.54, 1.807) is 14.1 Å². The van der Waals surface area contributed by atoms with Crippen LogP contribution in [0.3, 0.4) is 0 Å². The summed E-state index contributed by atoms with van der Waals surface area (Å²) in [5, 5.41) is 7.89. The Bertz CT molecular complexity index is 73.3. The van der Waals surface area contributed by atoms with Crippen LogP contribution < -0.4 is 0 Å². The van der Waals surface area contributed by atoms with Gasteiger partial charge in [0.25, 0.3) is 5.17 Å². The summed E-state index contributed by atoms with van der Waals surface area (Å²) in [6, 6.07) is 0. The van der Waals surface area contributed by atoms with Gasteiger partial charge in [0.15, 0.2) is 0 Å². The maximum atomic E-state index is 7.82. The molecule has 0 spiro atoms. The van der Waals surface area contributed by atoms with Gasteiger partial charge in [-0.3, -0.25) is 0 Å². The van der Waals surface area contributed by atoms with Gasteiger partial charge < -0.3 is 9.79 Å². The van der Waals surface area contributed by atoms with Gasteiger partial charge in [0.05, 0.1) is 0 Å². The van der Waals surface area contributed by atoms with Crippen molar-refractivity contribution < 1.29 is 10.1 Å². The zero-order valence-electron chi connectivity index (χ0n) is 4.21. The Hall–Kier alpha value is -0.350. The van der Waals surface area contributed by atoms with Crippen LogP contribution in [0.2, 0.25) is 0 Å². The highest BCUT2D eigenvalue weighted by Gasteiger charge is 1.94. The molecule has 0 aromatic heterocycles. The second-order valence-corrected chi connectivity index (χ2v) is 1.60. The van der Waals surface area contributed by atoms with E-state index in [1.807, 2.05) is 0 Å². The first-order valence-electron chi connectivity index (χ1n) is 1.71. The molecule has 0 saturated carbocycles. The van der Waals surface area contributed by atoms with Crippen LogP contribution in [0.1, 0.15) is 0 Å². The van der Waals surface area contributed by atoms with Gasteiger partial charge in [-0.1, -0.05) is 0 Å². The molecule has 0 fully saturated rings. The minimum atomic E-state index is 0.0694. The molecule has 0 aliphatic rings. The Labute approximate surface area is 47.4 Å². The van der Waals surface area contributed by atoms with Crippen molar-refractivity contribution in [3.05, 3.63) is 0 Å². The molecule has 0 saturated heterocycles. The molecule has 4 heteroatoms. The zero-order chi connectivity index (χ0) is 5.86. The van der Waals surface area contributed by atoms with Crippen LogP contribution in [-0.4, -0.2) is 29.4 Å². The molecule has 0 rings (SSSR count). The molecule has 3 nitrogen and oxygen atoms in total. The average Bonchev–Trinajstić information content (AvgIpc) is 1.65. The van der Waals surface area contributed by atoms with Crippen molar-refractivity contribution in [3.8, 4) is 0 Å². The number of rotatable bonds is 0. The molecule has 0 aromatic carbocycles. The summed E-state index contributed by atoms with van der Waals surface area (Å²) in [5.74, 6) is 0. The maximum Gasteiger partial charge on any atom is 0.298 e. The summed E-state index contributed by atoms with van der Waals surface area (Å²) in [4.78, 5) is 5.15. The molecule has 7 heavy (non-hydrogen) atoms. The van der Waals surface area contributed by atoms with Gasteiger partial charge in [0.2, 0.25) is 0 Å². The smallest absolute Gasteiger partial charge is 0.298 e. The third-order valence-corrected chi connectivity index (χ3v) is 0.883. The van der Waals surface area contributed by atoms with Crippen molar-refractivity contribution in [1.29, 1.82) is 0 Å². The zero-order valence-corrected chi connectivity index (χ0v) is 5.03. The van der Waals surface area contributed by atoms with E-state index >= 15 is 0 Å². The summed E-state index contributed by atoms with van der Waals surface area (Å²) >= 11 is 4.43. The number of nitrogens with zero attached hydrogens (tertiary/aromatic N) is 1. The lowest BCUT2D eigenvalue weighted by molar-refractivity contribution is -0.161. The predicted octanol–water partition coefficient (Wildman–Crippen LogP) is 0.322. The van der Waals surface area contributed by atoms with Crippen LogP contribution in [0, 0.1) is 0 Å². The van der Waals surface area contributed by atoms with Crippen LogP contribution in [0.25, 0.3) is 0 Å². The first-order chi connectivity index (χ1) is 3.18.